The van der Waals surface area contributed by atoms with E-state index in [9.17, 15) is 9.90 Å². The molecule has 4 aromatic rings. The van der Waals surface area contributed by atoms with Crippen LogP contribution in [-0.4, -0.2) is 17.6 Å². The van der Waals surface area contributed by atoms with Crippen LogP contribution in [0.1, 0.15) is 21.5 Å². The van der Waals surface area contributed by atoms with Gasteiger partial charge in [0.05, 0.1) is 0 Å². The van der Waals surface area contributed by atoms with Crippen LogP contribution in [0.5, 0.6) is 11.5 Å². The molecule has 1 atom stereocenters. The van der Waals surface area contributed by atoms with Crippen molar-refractivity contribution < 1.29 is 14.6 Å². The molecule has 0 saturated heterocycles. The summed E-state index contributed by atoms with van der Waals surface area (Å²) in [5, 5.41) is 15.5. The largest absolute Gasteiger partial charge is 0.507 e. The van der Waals surface area contributed by atoms with Gasteiger partial charge in [0.15, 0.2) is 0 Å². The highest BCUT2D eigenvalue weighted by molar-refractivity contribution is 5.97. The van der Waals surface area contributed by atoms with Crippen LogP contribution in [-0.2, 0) is 12.0 Å². The molecule has 4 aromatic carbocycles. The van der Waals surface area contributed by atoms with Gasteiger partial charge < -0.3 is 15.2 Å². The maximum atomic E-state index is 13.1. The fraction of sp³-hybridized carbons (Fsp3) is 0.115. The van der Waals surface area contributed by atoms with Gasteiger partial charge in [-0.3, -0.25) is 4.79 Å². The van der Waals surface area contributed by atoms with Crippen molar-refractivity contribution in [3.63, 3.8) is 0 Å². The minimum absolute atomic E-state index is 0.171. The average Bonchev–Trinajstić information content (AvgIpc) is 3.13. The third kappa shape index (κ3) is 3.07. The minimum atomic E-state index is -0.787. The molecule has 4 heteroatoms. The monoisotopic (exact) mass is 395 g/mol. The van der Waals surface area contributed by atoms with Crippen molar-refractivity contribution in [2.24, 2.45) is 0 Å². The zero-order valence-electron chi connectivity index (χ0n) is 16.3. The lowest BCUT2D eigenvalue weighted by atomic mass is 9.84. The number of phenolic OH excluding ortho intramolecular Hbond substituents is 1. The van der Waals surface area contributed by atoms with Crippen LogP contribution in [0.3, 0.4) is 0 Å². The first kappa shape index (κ1) is 18.3. The Morgan fingerprint density at radius 1 is 0.900 bits per heavy atom. The molecule has 0 unspecified atom stereocenters. The molecule has 1 aliphatic rings. The highest BCUT2D eigenvalue weighted by atomic mass is 16.5. The molecule has 1 aliphatic heterocycles. The number of phenols is 1. The van der Waals surface area contributed by atoms with E-state index in [1.54, 1.807) is 18.2 Å². The van der Waals surface area contributed by atoms with Crippen LogP contribution in [0.25, 0.3) is 10.8 Å². The first-order chi connectivity index (χ1) is 14.7. The fourth-order valence-corrected chi connectivity index (χ4v) is 4.23. The summed E-state index contributed by atoms with van der Waals surface area (Å²) in [7, 11) is 0. The first-order valence-corrected chi connectivity index (χ1v) is 9.96. The van der Waals surface area contributed by atoms with Crippen LogP contribution < -0.4 is 10.1 Å². The molecule has 4 nitrogen and oxygen atoms in total. The summed E-state index contributed by atoms with van der Waals surface area (Å²) in [4.78, 5) is 13.1. The van der Waals surface area contributed by atoms with Crippen molar-refractivity contribution in [2.45, 2.75) is 12.0 Å². The second-order valence-electron chi connectivity index (χ2n) is 7.67. The summed E-state index contributed by atoms with van der Waals surface area (Å²) in [5.74, 6) is 0.726. The smallest absolute Gasteiger partial charge is 0.252 e. The number of nitrogens with one attached hydrogen (secondary N) is 1. The third-order valence-corrected chi connectivity index (χ3v) is 5.69. The second kappa shape index (κ2) is 7.23. The van der Waals surface area contributed by atoms with Crippen molar-refractivity contribution in [3.8, 4) is 11.5 Å². The number of benzene rings is 4. The SMILES string of the molecule is O=C(N[C@@]1(Cc2ccccc2)COc2c1cc(O)c1ccccc21)c1ccccc1. The first-order valence-electron chi connectivity index (χ1n) is 9.96. The molecular weight excluding hydrogens is 374 g/mol. The van der Waals surface area contributed by atoms with Gasteiger partial charge in [-0.1, -0.05) is 72.8 Å². The maximum Gasteiger partial charge on any atom is 0.252 e. The number of aromatic hydroxyl groups is 1. The van der Waals surface area contributed by atoms with Crippen LogP contribution in [0.15, 0.2) is 91.0 Å². The van der Waals surface area contributed by atoms with Crippen LogP contribution in [0.2, 0.25) is 0 Å². The Hall–Kier alpha value is -3.79. The van der Waals surface area contributed by atoms with Crippen LogP contribution >= 0.6 is 0 Å². The summed E-state index contributed by atoms with van der Waals surface area (Å²) in [5.41, 5.74) is 1.68. The van der Waals surface area contributed by atoms with Gasteiger partial charge in [-0.2, -0.15) is 0 Å². The highest BCUT2D eigenvalue weighted by Crippen LogP contribution is 2.46. The zero-order chi connectivity index (χ0) is 20.6. The lowest BCUT2D eigenvalue weighted by Gasteiger charge is -2.30. The van der Waals surface area contributed by atoms with E-state index in [4.69, 9.17) is 4.74 Å². The Bertz CT molecular complexity index is 1220. The van der Waals surface area contributed by atoms with Gasteiger partial charge in [-0.15, -0.1) is 0 Å². The van der Waals surface area contributed by atoms with E-state index in [0.29, 0.717) is 24.3 Å². The third-order valence-electron chi connectivity index (χ3n) is 5.69. The molecule has 1 amide bonds. The molecule has 0 aliphatic carbocycles. The van der Waals surface area contributed by atoms with E-state index in [1.165, 1.54) is 0 Å². The van der Waals surface area contributed by atoms with E-state index in [1.807, 2.05) is 72.8 Å². The molecule has 1 heterocycles. The Kier molecular flexibility index (Phi) is 4.40. The Morgan fingerprint density at radius 2 is 1.53 bits per heavy atom. The molecule has 2 N–H and O–H groups in total. The number of carbonyl (C=O) groups excluding carboxylic acids is 1. The minimum Gasteiger partial charge on any atom is -0.507 e. The van der Waals surface area contributed by atoms with Crippen molar-refractivity contribution in [2.75, 3.05) is 6.61 Å². The van der Waals surface area contributed by atoms with E-state index in [0.717, 1.165) is 21.9 Å². The fourth-order valence-electron chi connectivity index (χ4n) is 4.23. The molecule has 5 rings (SSSR count). The number of ether oxygens (including phenoxy) is 1. The summed E-state index contributed by atoms with van der Waals surface area (Å²) >= 11 is 0. The van der Waals surface area contributed by atoms with Gasteiger partial charge in [0.2, 0.25) is 0 Å². The molecule has 30 heavy (non-hydrogen) atoms. The van der Waals surface area contributed by atoms with Gasteiger partial charge in [0.1, 0.15) is 23.6 Å². The van der Waals surface area contributed by atoms with E-state index in [-0.39, 0.29) is 11.7 Å². The van der Waals surface area contributed by atoms with Gasteiger partial charge >= 0.3 is 0 Å². The molecular formula is C26H21NO3. The number of amides is 1. The summed E-state index contributed by atoms with van der Waals surface area (Å²) < 4.78 is 6.17. The van der Waals surface area contributed by atoms with Crippen molar-refractivity contribution >= 4 is 16.7 Å². The predicted octanol–water partition coefficient (Wildman–Crippen LogP) is 4.81. The summed E-state index contributed by atoms with van der Waals surface area (Å²) in [6.45, 7) is 0.295. The lowest BCUT2D eigenvalue weighted by Crippen LogP contribution is -2.49. The van der Waals surface area contributed by atoms with E-state index < -0.39 is 5.54 Å². The number of hydrogen-bond donors (Lipinski definition) is 2. The molecule has 0 saturated carbocycles. The summed E-state index contributed by atoms with van der Waals surface area (Å²) in [6.07, 6.45) is 0.553. The normalized spacial score (nSPS) is 17.3. The van der Waals surface area contributed by atoms with E-state index >= 15 is 0 Å². The molecule has 0 bridgehead atoms. The Labute approximate surface area is 174 Å². The Balaban J connectivity index is 1.64. The number of carbonyl (C=O) groups is 1. The predicted molar refractivity (Wildman–Crippen MR) is 117 cm³/mol. The molecule has 0 fully saturated rings. The Morgan fingerprint density at radius 3 is 2.27 bits per heavy atom. The highest BCUT2D eigenvalue weighted by Gasteiger charge is 2.43. The molecule has 0 spiro atoms. The van der Waals surface area contributed by atoms with Crippen LogP contribution in [0.4, 0.5) is 0 Å². The second-order valence-corrected chi connectivity index (χ2v) is 7.67. The van der Waals surface area contributed by atoms with Gasteiger partial charge in [0, 0.05) is 28.3 Å². The number of fused-ring (bicyclic) bond motifs is 3. The maximum absolute atomic E-state index is 13.1. The quantitative estimate of drug-likeness (QED) is 0.522. The van der Waals surface area contributed by atoms with Crippen molar-refractivity contribution in [3.05, 3.63) is 108 Å². The van der Waals surface area contributed by atoms with Crippen molar-refractivity contribution in [1.29, 1.82) is 0 Å². The van der Waals surface area contributed by atoms with E-state index in [2.05, 4.69) is 5.32 Å². The topological polar surface area (TPSA) is 58.6 Å². The van der Waals surface area contributed by atoms with Gasteiger partial charge in [-0.05, 0) is 23.8 Å². The standard InChI is InChI=1S/C26H21NO3/c28-23-15-22-24(21-14-8-7-13-20(21)23)30-17-26(22,16-18-9-3-1-4-10-18)27-25(29)19-11-5-2-6-12-19/h1-15,28H,16-17H2,(H,27,29)/t26-/m0/s1. The number of rotatable bonds is 4. The molecule has 0 aromatic heterocycles. The van der Waals surface area contributed by atoms with Crippen LogP contribution in [0, 0.1) is 0 Å². The van der Waals surface area contributed by atoms with Crippen molar-refractivity contribution in [1.82, 2.24) is 5.32 Å². The molecule has 148 valence electrons. The molecule has 0 radical (unpaired) electrons. The average molecular weight is 395 g/mol. The van der Waals surface area contributed by atoms with Gasteiger partial charge in [-0.25, -0.2) is 0 Å². The lowest BCUT2D eigenvalue weighted by molar-refractivity contribution is 0.0877. The zero-order valence-corrected chi connectivity index (χ0v) is 16.3. The number of hydrogen-bond acceptors (Lipinski definition) is 3. The summed E-state index contributed by atoms with van der Waals surface area (Å²) in [6, 6.07) is 28.5. The van der Waals surface area contributed by atoms with Gasteiger partial charge in [0.25, 0.3) is 5.91 Å².